The molecule has 3 rings (SSSR count). The first-order chi connectivity index (χ1) is 10.6. The first-order valence-electron chi connectivity index (χ1n) is 7.93. The molecule has 3 atom stereocenters. The van der Waals surface area contributed by atoms with Crippen LogP contribution in [0.4, 0.5) is 5.69 Å². The van der Waals surface area contributed by atoms with Crippen LogP contribution in [0.15, 0.2) is 24.3 Å². The summed E-state index contributed by atoms with van der Waals surface area (Å²) in [5, 5.41) is 21.3. The van der Waals surface area contributed by atoms with Crippen LogP contribution in [0.3, 0.4) is 0 Å². The molecular weight excluding hydrogens is 284 g/mol. The Morgan fingerprint density at radius 3 is 3.05 bits per heavy atom. The fraction of sp³-hybridized carbons (Fsp3) is 0.625. The van der Waals surface area contributed by atoms with Crippen LogP contribution in [0.5, 0.6) is 0 Å². The maximum Gasteiger partial charge on any atom is 0.269 e. The summed E-state index contributed by atoms with van der Waals surface area (Å²) in [6, 6.07) is 6.65. The fourth-order valence-electron chi connectivity index (χ4n) is 3.58. The van der Waals surface area contributed by atoms with Gasteiger partial charge in [-0.2, -0.15) is 0 Å². The Labute approximate surface area is 129 Å². The summed E-state index contributed by atoms with van der Waals surface area (Å²) >= 11 is 0. The third kappa shape index (κ3) is 3.29. The van der Waals surface area contributed by atoms with Gasteiger partial charge in [-0.25, -0.2) is 0 Å². The molecule has 0 bridgehead atoms. The Morgan fingerprint density at radius 1 is 1.41 bits per heavy atom. The molecule has 6 nitrogen and oxygen atoms in total. The number of fused-ring (bicyclic) bond motifs is 1. The number of β-amino-alcohol motifs (C(OH)–C–C–N with tert-alkyl or cyclic N) is 1. The molecule has 1 N–H and O–H groups in total. The SMILES string of the molecule is O=[N+]([O-])c1cccc(C(O)CN2CCOC3CCCCC32)c1. The number of hydrogen-bond donors (Lipinski definition) is 1. The lowest BCUT2D eigenvalue weighted by molar-refractivity contribution is -0.385. The molecule has 1 saturated heterocycles. The van der Waals surface area contributed by atoms with Crippen molar-refractivity contribution in [3.8, 4) is 0 Å². The van der Waals surface area contributed by atoms with Crippen LogP contribution in [-0.2, 0) is 4.74 Å². The van der Waals surface area contributed by atoms with Gasteiger partial charge in [-0.3, -0.25) is 15.0 Å². The zero-order valence-electron chi connectivity index (χ0n) is 12.6. The van der Waals surface area contributed by atoms with E-state index in [9.17, 15) is 15.2 Å². The number of nitrogens with zero attached hydrogens (tertiary/aromatic N) is 2. The fourth-order valence-corrected chi connectivity index (χ4v) is 3.58. The molecule has 1 aliphatic carbocycles. The van der Waals surface area contributed by atoms with Gasteiger partial charge in [0, 0.05) is 31.3 Å². The Hall–Kier alpha value is -1.50. The van der Waals surface area contributed by atoms with E-state index < -0.39 is 11.0 Å². The molecule has 120 valence electrons. The molecule has 0 amide bonds. The van der Waals surface area contributed by atoms with E-state index >= 15 is 0 Å². The standard InChI is InChI=1S/C16H22N2O4/c19-15(12-4-3-5-13(10-12)18(20)21)11-17-8-9-22-16-7-2-1-6-14(16)17/h3-5,10,14-16,19H,1-2,6-9,11H2. The number of hydrogen-bond acceptors (Lipinski definition) is 5. The van der Waals surface area contributed by atoms with Crippen LogP contribution in [0.1, 0.15) is 37.4 Å². The van der Waals surface area contributed by atoms with E-state index in [1.165, 1.54) is 25.0 Å². The smallest absolute Gasteiger partial charge is 0.269 e. The summed E-state index contributed by atoms with van der Waals surface area (Å²) < 4.78 is 5.84. The minimum absolute atomic E-state index is 0.0223. The average molecular weight is 306 g/mol. The molecule has 1 saturated carbocycles. The summed E-state index contributed by atoms with van der Waals surface area (Å²) in [7, 11) is 0. The van der Waals surface area contributed by atoms with Crippen molar-refractivity contribution in [2.75, 3.05) is 19.7 Å². The van der Waals surface area contributed by atoms with Gasteiger partial charge < -0.3 is 9.84 Å². The summed E-state index contributed by atoms with van der Waals surface area (Å²) in [5.41, 5.74) is 0.627. The Balaban J connectivity index is 1.69. The highest BCUT2D eigenvalue weighted by Gasteiger charge is 2.35. The van der Waals surface area contributed by atoms with Crippen molar-refractivity contribution in [3.63, 3.8) is 0 Å². The number of morpholine rings is 1. The summed E-state index contributed by atoms with van der Waals surface area (Å²) in [6.07, 6.45) is 4.18. The first kappa shape index (κ1) is 15.4. The van der Waals surface area contributed by atoms with Crippen molar-refractivity contribution in [1.82, 2.24) is 4.90 Å². The van der Waals surface area contributed by atoms with Gasteiger partial charge in [0.1, 0.15) is 0 Å². The molecule has 1 heterocycles. The van der Waals surface area contributed by atoms with Gasteiger partial charge >= 0.3 is 0 Å². The molecule has 0 aromatic heterocycles. The van der Waals surface area contributed by atoms with Crippen molar-refractivity contribution < 1.29 is 14.8 Å². The van der Waals surface area contributed by atoms with E-state index in [-0.39, 0.29) is 11.8 Å². The Bertz CT molecular complexity index is 535. The number of ether oxygens (including phenoxy) is 1. The lowest BCUT2D eigenvalue weighted by Gasteiger charge is -2.44. The van der Waals surface area contributed by atoms with Gasteiger partial charge in [0.25, 0.3) is 5.69 Å². The first-order valence-corrected chi connectivity index (χ1v) is 7.93. The maximum atomic E-state index is 10.9. The Morgan fingerprint density at radius 2 is 2.23 bits per heavy atom. The van der Waals surface area contributed by atoms with Crippen molar-refractivity contribution in [2.24, 2.45) is 0 Å². The summed E-state index contributed by atoms with van der Waals surface area (Å²) in [4.78, 5) is 12.7. The summed E-state index contributed by atoms with van der Waals surface area (Å²) in [5.74, 6) is 0. The number of benzene rings is 1. The predicted octanol–water partition coefficient (Wildman–Crippen LogP) is 2.27. The molecule has 3 unspecified atom stereocenters. The van der Waals surface area contributed by atoms with Crippen LogP contribution < -0.4 is 0 Å². The third-order valence-corrected chi connectivity index (χ3v) is 4.72. The number of nitro benzene ring substituents is 1. The van der Waals surface area contributed by atoms with E-state index in [1.807, 2.05) is 0 Å². The average Bonchev–Trinajstić information content (AvgIpc) is 2.55. The van der Waals surface area contributed by atoms with Gasteiger partial charge in [0.05, 0.1) is 23.7 Å². The molecule has 2 aliphatic rings. The largest absolute Gasteiger partial charge is 0.387 e. The second-order valence-corrected chi connectivity index (χ2v) is 6.12. The molecule has 2 fully saturated rings. The molecule has 1 aliphatic heterocycles. The van der Waals surface area contributed by atoms with Crippen LogP contribution in [-0.4, -0.2) is 46.8 Å². The van der Waals surface area contributed by atoms with E-state index in [2.05, 4.69) is 4.90 Å². The van der Waals surface area contributed by atoms with Crippen LogP contribution >= 0.6 is 0 Å². The highest BCUT2D eigenvalue weighted by atomic mass is 16.6. The van der Waals surface area contributed by atoms with Crippen LogP contribution in [0.25, 0.3) is 0 Å². The van der Waals surface area contributed by atoms with Crippen molar-refractivity contribution in [2.45, 2.75) is 43.9 Å². The topological polar surface area (TPSA) is 75.8 Å². The molecule has 1 aromatic carbocycles. The van der Waals surface area contributed by atoms with Gasteiger partial charge in [-0.05, 0) is 18.4 Å². The van der Waals surface area contributed by atoms with Gasteiger partial charge in [-0.15, -0.1) is 0 Å². The third-order valence-electron chi connectivity index (χ3n) is 4.72. The normalized spacial score (nSPS) is 27.1. The molecule has 1 aromatic rings. The van der Waals surface area contributed by atoms with Crippen LogP contribution in [0.2, 0.25) is 0 Å². The van der Waals surface area contributed by atoms with Crippen molar-refractivity contribution in [1.29, 1.82) is 0 Å². The number of non-ortho nitro benzene ring substituents is 1. The van der Waals surface area contributed by atoms with E-state index in [1.54, 1.807) is 12.1 Å². The van der Waals surface area contributed by atoms with E-state index in [0.717, 1.165) is 19.4 Å². The highest BCUT2D eigenvalue weighted by Crippen LogP contribution is 2.30. The monoisotopic (exact) mass is 306 g/mol. The highest BCUT2D eigenvalue weighted by molar-refractivity contribution is 5.35. The van der Waals surface area contributed by atoms with Gasteiger partial charge in [0.2, 0.25) is 0 Å². The molecule has 6 heteroatoms. The molecule has 0 radical (unpaired) electrons. The minimum Gasteiger partial charge on any atom is -0.387 e. The summed E-state index contributed by atoms with van der Waals surface area (Å²) in [6.45, 7) is 2.02. The zero-order chi connectivity index (χ0) is 15.5. The number of nitro groups is 1. The zero-order valence-corrected chi connectivity index (χ0v) is 12.6. The van der Waals surface area contributed by atoms with Crippen LogP contribution in [0, 0.1) is 10.1 Å². The number of aliphatic hydroxyl groups excluding tert-OH is 1. The van der Waals surface area contributed by atoms with E-state index in [0.29, 0.717) is 24.8 Å². The number of aliphatic hydroxyl groups is 1. The maximum absolute atomic E-state index is 10.9. The van der Waals surface area contributed by atoms with Gasteiger partial charge in [0.15, 0.2) is 0 Å². The minimum atomic E-state index is -0.708. The lowest BCUT2D eigenvalue weighted by Crippen LogP contribution is -2.53. The van der Waals surface area contributed by atoms with Crippen molar-refractivity contribution in [3.05, 3.63) is 39.9 Å². The lowest BCUT2D eigenvalue weighted by atomic mass is 9.89. The molecule has 0 spiro atoms. The van der Waals surface area contributed by atoms with Gasteiger partial charge in [-0.1, -0.05) is 25.0 Å². The predicted molar refractivity (Wildman–Crippen MR) is 81.6 cm³/mol. The second-order valence-electron chi connectivity index (χ2n) is 6.12. The molecule has 22 heavy (non-hydrogen) atoms. The van der Waals surface area contributed by atoms with E-state index in [4.69, 9.17) is 4.74 Å². The molecular formula is C16H22N2O4. The second kappa shape index (κ2) is 6.73. The Kier molecular flexibility index (Phi) is 4.71. The quantitative estimate of drug-likeness (QED) is 0.682. The number of rotatable bonds is 4. The van der Waals surface area contributed by atoms with Crippen molar-refractivity contribution >= 4 is 5.69 Å².